The molecule has 6 nitrogen and oxygen atoms in total. The van der Waals surface area contributed by atoms with E-state index in [2.05, 4.69) is 26.9 Å². The molecule has 21 heavy (non-hydrogen) atoms. The molecular weight excluding hydrogens is 286 g/mol. The molecule has 3 unspecified atom stereocenters. The lowest BCUT2D eigenvalue weighted by Crippen LogP contribution is -2.45. The average molecular weight is 305 g/mol. The molecule has 2 aromatic rings. The summed E-state index contributed by atoms with van der Waals surface area (Å²) in [5.74, 6) is 2.96. The lowest BCUT2D eigenvalue weighted by molar-refractivity contribution is 0.391. The molecule has 112 valence electrons. The predicted octanol–water partition coefficient (Wildman–Crippen LogP) is 1.40. The Kier molecular flexibility index (Phi) is 2.82. The van der Waals surface area contributed by atoms with Gasteiger partial charge >= 0.3 is 0 Å². The van der Waals surface area contributed by atoms with E-state index in [0.29, 0.717) is 22.7 Å². The van der Waals surface area contributed by atoms with Crippen molar-refractivity contribution in [1.82, 2.24) is 19.7 Å². The van der Waals surface area contributed by atoms with Gasteiger partial charge in [0, 0.05) is 19.6 Å². The molecule has 0 bridgehead atoms. The van der Waals surface area contributed by atoms with Gasteiger partial charge in [-0.15, -0.1) is 0 Å². The van der Waals surface area contributed by atoms with Crippen LogP contribution >= 0.6 is 0 Å². The number of rotatable bonds is 0. The largest absolute Gasteiger partial charge is 0.352 e. The number of aromatic nitrogens is 4. The van der Waals surface area contributed by atoms with Crippen molar-refractivity contribution >= 4 is 27.7 Å². The van der Waals surface area contributed by atoms with E-state index in [1.54, 1.807) is 4.68 Å². The van der Waals surface area contributed by atoms with Crippen molar-refractivity contribution in [2.24, 2.45) is 13.0 Å². The summed E-state index contributed by atoms with van der Waals surface area (Å²) in [6.45, 7) is 5.15. The molecule has 1 saturated heterocycles. The molecule has 0 aromatic carbocycles. The lowest BCUT2D eigenvalue weighted by atomic mass is 9.95. The first-order chi connectivity index (χ1) is 10.0. The van der Waals surface area contributed by atoms with Gasteiger partial charge in [-0.1, -0.05) is 6.92 Å². The van der Waals surface area contributed by atoms with Crippen LogP contribution in [-0.2, 0) is 17.8 Å². The second-order valence-corrected chi connectivity index (χ2v) is 7.63. The summed E-state index contributed by atoms with van der Waals surface area (Å²) < 4.78 is 14.4. The maximum atomic E-state index is 12.7. The molecule has 0 aliphatic carbocycles. The average Bonchev–Trinajstić information content (AvgIpc) is 2.72. The Labute approximate surface area is 126 Å². The van der Waals surface area contributed by atoms with E-state index in [-0.39, 0.29) is 0 Å². The van der Waals surface area contributed by atoms with Gasteiger partial charge in [0.25, 0.3) is 0 Å². The zero-order chi connectivity index (χ0) is 14.7. The van der Waals surface area contributed by atoms with Crippen molar-refractivity contribution in [1.29, 1.82) is 0 Å². The Hall–Kier alpha value is -1.50. The monoisotopic (exact) mass is 305 g/mol. The van der Waals surface area contributed by atoms with Crippen LogP contribution < -0.4 is 4.90 Å². The Morgan fingerprint density at radius 1 is 1.29 bits per heavy atom. The quantitative estimate of drug-likeness (QED) is 0.736. The van der Waals surface area contributed by atoms with Gasteiger partial charge in [-0.3, -0.25) is 4.21 Å². The van der Waals surface area contributed by atoms with Gasteiger partial charge in [-0.25, -0.2) is 14.6 Å². The van der Waals surface area contributed by atoms with Gasteiger partial charge in [0.1, 0.15) is 11.6 Å². The number of hydrogen-bond donors (Lipinski definition) is 0. The van der Waals surface area contributed by atoms with E-state index in [1.807, 2.05) is 14.0 Å². The van der Waals surface area contributed by atoms with E-state index in [9.17, 15) is 4.21 Å². The summed E-state index contributed by atoms with van der Waals surface area (Å²) in [6.07, 6.45) is 2.27. The Morgan fingerprint density at radius 2 is 2.10 bits per heavy atom. The summed E-state index contributed by atoms with van der Waals surface area (Å²) >= 11 is 0. The van der Waals surface area contributed by atoms with Crippen LogP contribution in [-0.4, -0.2) is 42.3 Å². The molecule has 2 aliphatic rings. The first-order valence-corrected chi connectivity index (χ1v) is 8.73. The van der Waals surface area contributed by atoms with E-state index >= 15 is 0 Å². The molecule has 4 heterocycles. The summed E-state index contributed by atoms with van der Waals surface area (Å²) in [6, 6.07) is 0.305. The number of hydrogen-bond acceptors (Lipinski definition) is 5. The first kappa shape index (κ1) is 13.2. The third-order valence-corrected chi connectivity index (χ3v) is 5.92. The Bertz CT molecular complexity index is 755. The highest BCUT2D eigenvalue weighted by atomic mass is 32.2. The maximum absolute atomic E-state index is 12.7. The van der Waals surface area contributed by atoms with Crippen LogP contribution in [0.2, 0.25) is 0 Å². The standard InChI is InChI=1S/C14H19N5OS/c1-8-4-5-10-7-21(20)14-11-12(18(3)17-14)15-9(2)16-13(11)19(10)6-8/h8,10H,4-7H2,1-3H3. The first-order valence-electron chi connectivity index (χ1n) is 7.41. The molecule has 0 amide bonds. The van der Waals surface area contributed by atoms with E-state index in [0.717, 1.165) is 35.6 Å². The third-order valence-electron chi connectivity index (χ3n) is 4.52. The highest BCUT2D eigenvalue weighted by Gasteiger charge is 2.36. The molecule has 0 spiro atoms. The van der Waals surface area contributed by atoms with Crippen LogP contribution in [0.3, 0.4) is 0 Å². The van der Waals surface area contributed by atoms with Crippen molar-refractivity contribution in [2.45, 2.75) is 37.8 Å². The van der Waals surface area contributed by atoms with Crippen molar-refractivity contribution in [3.05, 3.63) is 5.82 Å². The fourth-order valence-corrected chi connectivity index (χ4v) is 4.94. The van der Waals surface area contributed by atoms with Gasteiger partial charge in [0.15, 0.2) is 10.7 Å². The second kappa shape index (κ2) is 4.50. The van der Waals surface area contributed by atoms with Crippen molar-refractivity contribution < 1.29 is 4.21 Å². The molecule has 0 radical (unpaired) electrons. The molecule has 2 aromatic heterocycles. The zero-order valence-electron chi connectivity index (χ0n) is 12.5. The van der Waals surface area contributed by atoms with Gasteiger partial charge in [0.2, 0.25) is 0 Å². The zero-order valence-corrected chi connectivity index (χ0v) is 13.4. The van der Waals surface area contributed by atoms with E-state index in [4.69, 9.17) is 0 Å². The van der Waals surface area contributed by atoms with Gasteiger partial charge < -0.3 is 4.90 Å². The molecule has 2 aliphatic heterocycles. The second-order valence-electron chi connectivity index (χ2n) is 6.22. The van der Waals surface area contributed by atoms with Crippen molar-refractivity contribution in [3.63, 3.8) is 0 Å². The van der Waals surface area contributed by atoms with E-state index in [1.165, 1.54) is 6.42 Å². The number of fused-ring (bicyclic) bond motifs is 2. The molecule has 0 saturated carbocycles. The van der Waals surface area contributed by atoms with Crippen LogP contribution in [0.15, 0.2) is 5.03 Å². The molecule has 0 N–H and O–H groups in total. The fraction of sp³-hybridized carbons (Fsp3) is 0.643. The minimum atomic E-state index is -1.07. The summed E-state index contributed by atoms with van der Waals surface area (Å²) in [5, 5.41) is 6.01. The minimum Gasteiger partial charge on any atom is -0.352 e. The van der Waals surface area contributed by atoms with Gasteiger partial charge in [0.05, 0.1) is 21.9 Å². The maximum Gasteiger partial charge on any atom is 0.164 e. The third kappa shape index (κ3) is 1.90. The summed E-state index contributed by atoms with van der Waals surface area (Å²) in [5.41, 5.74) is 0.791. The fourth-order valence-electron chi connectivity index (χ4n) is 3.46. The number of anilines is 1. The molecule has 1 fully saturated rings. The van der Waals surface area contributed by atoms with Crippen LogP contribution in [0.25, 0.3) is 11.0 Å². The van der Waals surface area contributed by atoms with E-state index < -0.39 is 10.8 Å². The lowest BCUT2D eigenvalue weighted by Gasteiger charge is -2.38. The molecule has 4 rings (SSSR count). The van der Waals surface area contributed by atoms with Gasteiger partial charge in [-0.05, 0) is 25.7 Å². The molecule has 7 heteroatoms. The van der Waals surface area contributed by atoms with Crippen molar-refractivity contribution in [3.8, 4) is 0 Å². The highest BCUT2D eigenvalue weighted by molar-refractivity contribution is 7.85. The number of aryl methyl sites for hydroxylation is 2. The van der Waals surface area contributed by atoms with Gasteiger partial charge in [-0.2, -0.15) is 5.10 Å². The SMILES string of the molecule is Cc1nc2c3c(nn(C)c3n1)S(=O)CC1CCC(C)CN21. The predicted molar refractivity (Wildman–Crippen MR) is 81.8 cm³/mol. The summed E-state index contributed by atoms with van der Waals surface area (Å²) in [4.78, 5) is 11.5. The highest BCUT2D eigenvalue weighted by Crippen LogP contribution is 2.37. The topological polar surface area (TPSA) is 63.9 Å². The van der Waals surface area contributed by atoms with Crippen LogP contribution in [0.5, 0.6) is 0 Å². The number of nitrogens with zero attached hydrogens (tertiary/aromatic N) is 5. The summed E-state index contributed by atoms with van der Waals surface area (Å²) in [7, 11) is 0.783. The number of piperidine rings is 1. The van der Waals surface area contributed by atoms with Crippen LogP contribution in [0.4, 0.5) is 5.82 Å². The molecular formula is C14H19N5OS. The van der Waals surface area contributed by atoms with Crippen LogP contribution in [0.1, 0.15) is 25.6 Å². The minimum absolute atomic E-state index is 0.305. The van der Waals surface area contributed by atoms with Crippen LogP contribution in [0, 0.1) is 12.8 Å². The molecule has 3 atom stereocenters. The Balaban J connectivity index is 2.02. The Morgan fingerprint density at radius 3 is 2.90 bits per heavy atom. The smallest absolute Gasteiger partial charge is 0.164 e. The van der Waals surface area contributed by atoms with Crippen molar-refractivity contribution in [2.75, 3.05) is 17.2 Å². The normalized spacial score (nSPS) is 28.5.